The second kappa shape index (κ2) is 11.0. The van der Waals surface area contributed by atoms with Gasteiger partial charge in [0.2, 0.25) is 5.91 Å². The number of halogens is 1. The van der Waals surface area contributed by atoms with Gasteiger partial charge in [0.15, 0.2) is 0 Å². The molecule has 172 valence electrons. The lowest BCUT2D eigenvalue weighted by molar-refractivity contribution is -0.158. The summed E-state index contributed by atoms with van der Waals surface area (Å²) in [6.45, 7) is 2.00. The van der Waals surface area contributed by atoms with E-state index < -0.39 is 6.10 Å². The van der Waals surface area contributed by atoms with Crippen molar-refractivity contribution >= 4 is 5.91 Å². The number of β-amino-alcohol motifs (C(OH)–C–C–N with tert-alkyl or cyclic N) is 1. The lowest BCUT2D eigenvalue weighted by Gasteiger charge is -2.44. The first kappa shape index (κ1) is 22.8. The number of hydrogen-bond acceptors (Lipinski definition) is 6. The first-order valence-electron chi connectivity index (χ1n) is 11.1. The highest BCUT2D eigenvalue weighted by Gasteiger charge is 2.38. The second-order valence-electron chi connectivity index (χ2n) is 8.53. The molecule has 2 aliphatic rings. The van der Waals surface area contributed by atoms with Gasteiger partial charge >= 0.3 is 0 Å². The van der Waals surface area contributed by atoms with E-state index in [9.17, 15) is 14.3 Å². The number of pyridine rings is 1. The Hall–Kier alpha value is -2.39. The zero-order valence-corrected chi connectivity index (χ0v) is 18.0. The smallest absolute Gasteiger partial charge is 0.222 e. The van der Waals surface area contributed by atoms with Crippen LogP contribution in [0.25, 0.3) is 0 Å². The fraction of sp³-hybridized carbons (Fsp3) is 0.500. The Morgan fingerprint density at radius 2 is 2.03 bits per heavy atom. The Bertz CT molecular complexity index is 885. The number of hydrogen-bond donors (Lipinski definition) is 2. The van der Waals surface area contributed by atoms with Crippen molar-refractivity contribution in [1.82, 2.24) is 15.2 Å². The van der Waals surface area contributed by atoms with Gasteiger partial charge in [-0.05, 0) is 48.2 Å². The van der Waals surface area contributed by atoms with E-state index >= 15 is 0 Å². The third kappa shape index (κ3) is 6.32. The number of ether oxygens (including phenoxy) is 2. The maximum Gasteiger partial charge on any atom is 0.222 e. The van der Waals surface area contributed by atoms with Gasteiger partial charge in [-0.25, -0.2) is 4.39 Å². The number of aromatic nitrogens is 1. The largest absolute Gasteiger partial charge is 0.389 e. The number of aliphatic hydroxyl groups is 1. The van der Waals surface area contributed by atoms with Crippen LogP contribution in [0, 0.1) is 5.82 Å². The molecule has 0 aliphatic carbocycles. The first-order valence-corrected chi connectivity index (χ1v) is 11.1. The molecule has 2 N–H and O–H groups in total. The Morgan fingerprint density at radius 1 is 1.19 bits per heavy atom. The Kier molecular flexibility index (Phi) is 7.81. The summed E-state index contributed by atoms with van der Waals surface area (Å²) in [6.07, 6.45) is 4.25. The molecular formula is C24H30FN3O4. The van der Waals surface area contributed by atoms with Crippen molar-refractivity contribution in [2.45, 2.75) is 56.7 Å². The summed E-state index contributed by atoms with van der Waals surface area (Å²) in [5, 5.41) is 13.2. The zero-order valence-electron chi connectivity index (χ0n) is 18.0. The third-order valence-corrected chi connectivity index (χ3v) is 6.01. The SMILES string of the molecule is O=C(C[C@H]1CC[C@@H]2[C@H](COC[C@H](O)CN2Cc2cccc(F)c2)O1)NCc1ccncc1. The van der Waals surface area contributed by atoms with E-state index in [1.54, 1.807) is 18.5 Å². The summed E-state index contributed by atoms with van der Waals surface area (Å²) in [7, 11) is 0. The molecule has 0 saturated carbocycles. The van der Waals surface area contributed by atoms with Crippen molar-refractivity contribution < 1.29 is 23.8 Å². The first-order chi connectivity index (χ1) is 15.6. The fourth-order valence-corrected chi connectivity index (χ4v) is 4.48. The lowest BCUT2D eigenvalue weighted by Crippen LogP contribution is -2.55. The number of amides is 1. The van der Waals surface area contributed by atoms with Crippen molar-refractivity contribution in [3.63, 3.8) is 0 Å². The highest BCUT2D eigenvalue weighted by molar-refractivity contribution is 5.76. The van der Waals surface area contributed by atoms with E-state index in [-0.39, 0.29) is 36.6 Å². The molecule has 0 unspecified atom stereocenters. The summed E-state index contributed by atoms with van der Waals surface area (Å²) in [6, 6.07) is 10.3. The van der Waals surface area contributed by atoms with Crippen LogP contribution in [0.3, 0.4) is 0 Å². The molecule has 32 heavy (non-hydrogen) atoms. The van der Waals surface area contributed by atoms with Crippen LogP contribution >= 0.6 is 0 Å². The molecular weight excluding hydrogens is 413 g/mol. The number of carbonyl (C=O) groups is 1. The van der Waals surface area contributed by atoms with E-state index in [0.717, 1.165) is 24.0 Å². The number of nitrogens with one attached hydrogen (secondary N) is 1. The van der Waals surface area contributed by atoms with Gasteiger partial charge in [-0.15, -0.1) is 0 Å². The molecule has 1 aromatic heterocycles. The molecule has 2 saturated heterocycles. The van der Waals surface area contributed by atoms with E-state index in [1.165, 1.54) is 12.1 Å². The highest BCUT2D eigenvalue weighted by atomic mass is 19.1. The number of benzene rings is 1. The van der Waals surface area contributed by atoms with Crippen LogP contribution < -0.4 is 5.32 Å². The zero-order chi connectivity index (χ0) is 22.3. The second-order valence-corrected chi connectivity index (χ2v) is 8.53. The van der Waals surface area contributed by atoms with Gasteiger partial charge in [0.05, 0.1) is 37.9 Å². The fourth-order valence-electron chi connectivity index (χ4n) is 4.48. The minimum absolute atomic E-state index is 0.0318. The predicted molar refractivity (Wildman–Crippen MR) is 116 cm³/mol. The van der Waals surface area contributed by atoms with Crippen molar-refractivity contribution in [3.8, 4) is 0 Å². The van der Waals surface area contributed by atoms with Crippen molar-refractivity contribution in [1.29, 1.82) is 0 Å². The summed E-state index contributed by atoms with van der Waals surface area (Å²) < 4.78 is 25.6. The van der Waals surface area contributed by atoms with E-state index in [1.807, 2.05) is 18.2 Å². The summed E-state index contributed by atoms with van der Waals surface area (Å²) in [5.41, 5.74) is 1.85. The Balaban J connectivity index is 1.35. The highest BCUT2D eigenvalue weighted by Crippen LogP contribution is 2.28. The minimum Gasteiger partial charge on any atom is -0.389 e. The van der Waals surface area contributed by atoms with Crippen molar-refractivity contribution in [2.75, 3.05) is 19.8 Å². The molecule has 0 radical (unpaired) electrons. The summed E-state index contributed by atoms with van der Waals surface area (Å²) in [5.74, 6) is -0.322. The Morgan fingerprint density at radius 3 is 2.84 bits per heavy atom. The van der Waals surface area contributed by atoms with Gasteiger partial charge in [0, 0.05) is 38.1 Å². The molecule has 2 aromatic rings. The predicted octanol–water partition coefficient (Wildman–Crippen LogP) is 2.04. The van der Waals surface area contributed by atoms with Crippen LogP contribution in [0.5, 0.6) is 0 Å². The number of fused-ring (bicyclic) bond motifs is 1. The summed E-state index contributed by atoms with van der Waals surface area (Å²) in [4.78, 5) is 18.6. The molecule has 4 atom stereocenters. The maximum absolute atomic E-state index is 13.7. The van der Waals surface area contributed by atoms with Gasteiger partial charge in [-0.2, -0.15) is 0 Å². The number of carbonyl (C=O) groups excluding carboxylic acids is 1. The topological polar surface area (TPSA) is 83.9 Å². The molecule has 2 aliphatic heterocycles. The number of nitrogens with zero attached hydrogens (tertiary/aromatic N) is 2. The van der Waals surface area contributed by atoms with Crippen LogP contribution in [0.4, 0.5) is 4.39 Å². The molecule has 0 spiro atoms. The quantitative estimate of drug-likeness (QED) is 0.711. The normalized spacial score (nSPS) is 26.6. The number of rotatable bonds is 6. The lowest BCUT2D eigenvalue weighted by atomic mass is 9.94. The molecule has 0 bridgehead atoms. The molecule has 4 rings (SSSR count). The summed E-state index contributed by atoms with van der Waals surface area (Å²) >= 11 is 0. The van der Waals surface area contributed by atoms with Crippen molar-refractivity contribution in [2.24, 2.45) is 0 Å². The average Bonchev–Trinajstić information content (AvgIpc) is 2.77. The number of aliphatic hydroxyl groups excluding tert-OH is 1. The molecule has 3 heterocycles. The van der Waals surface area contributed by atoms with E-state index in [4.69, 9.17) is 9.47 Å². The molecule has 1 aromatic carbocycles. The van der Waals surface area contributed by atoms with Crippen LogP contribution in [-0.4, -0.2) is 65.0 Å². The van der Waals surface area contributed by atoms with Gasteiger partial charge in [-0.1, -0.05) is 12.1 Å². The van der Waals surface area contributed by atoms with Gasteiger partial charge in [0.25, 0.3) is 0 Å². The van der Waals surface area contributed by atoms with Crippen LogP contribution in [0.15, 0.2) is 48.8 Å². The molecule has 7 nitrogen and oxygen atoms in total. The Labute approximate surface area is 187 Å². The monoisotopic (exact) mass is 443 g/mol. The standard InChI is InChI=1S/C24H30FN3O4/c25-19-3-1-2-18(10-19)13-28-14-20(29)15-31-16-23-22(28)5-4-21(32-23)11-24(30)27-12-17-6-8-26-9-7-17/h1-3,6-10,20-23,29H,4-5,11-16H2,(H,27,30)/t20-,21-,22-,23+/m1/s1. The van der Waals surface area contributed by atoms with E-state index in [0.29, 0.717) is 32.7 Å². The van der Waals surface area contributed by atoms with Gasteiger partial charge < -0.3 is 19.9 Å². The maximum atomic E-state index is 13.7. The van der Waals surface area contributed by atoms with E-state index in [2.05, 4.69) is 15.2 Å². The minimum atomic E-state index is -0.610. The van der Waals surface area contributed by atoms with Gasteiger partial charge in [0.1, 0.15) is 5.82 Å². The molecule has 8 heteroatoms. The van der Waals surface area contributed by atoms with Crippen LogP contribution in [0.2, 0.25) is 0 Å². The average molecular weight is 444 g/mol. The van der Waals surface area contributed by atoms with Gasteiger partial charge in [-0.3, -0.25) is 14.7 Å². The molecule has 1 amide bonds. The third-order valence-electron chi connectivity index (χ3n) is 6.01. The van der Waals surface area contributed by atoms with Crippen molar-refractivity contribution in [3.05, 3.63) is 65.7 Å². The molecule has 2 fully saturated rings. The van der Waals surface area contributed by atoms with Crippen LogP contribution in [-0.2, 0) is 27.4 Å². The van der Waals surface area contributed by atoms with Crippen LogP contribution in [0.1, 0.15) is 30.4 Å².